The highest BCUT2D eigenvalue weighted by atomic mass is 16.2. The van der Waals surface area contributed by atoms with E-state index in [2.05, 4.69) is 17.6 Å². The third-order valence-corrected chi connectivity index (χ3v) is 2.87. The molecule has 1 atom stereocenters. The summed E-state index contributed by atoms with van der Waals surface area (Å²) >= 11 is 0. The Morgan fingerprint density at radius 2 is 2.07 bits per heavy atom. The number of imide groups is 1. The van der Waals surface area contributed by atoms with Crippen LogP contribution in [-0.2, 0) is 4.79 Å². The Hall–Kier alpha value is -1.10. The predicted octanol–water partition coefficient (Wildman–Crippen LogP) is 0.172. The first kappa shape index (κ1) is 12.0. The molecule has 1 aliphatic rings. The molecule has 1 rings (SSSR count). The minimum absolute atomic E-state index is 0.260. The van der Waals surface area contributed by atoms with Crippen molar-refractivity contribution >= 4 is 11.9 Å². The molecule has 1 fully saturated rings. The van der Waals surface area contributed by atoms with E-state index in [1.54, 1.807) is 0 Å². The molecule has 15 heavy (non-hydrogen) atoms. The van der Waals surface area contributed by atoms with E-state index in [-0.39, 0.29) is 12.5 Å². The van der Waals surface area contributed by atoms with Crippen LogP contribution in [0.4, 0.5) is 4.79 Å². The number of hydrogen-bond acceptors (Lipinski definition) is 3. The van der Waals surface area contributed by atoms with Gasteiger partial charge in [-0.25, -0.2) is 4.79 Å². The Kier molecular flexibility index (Phi) is 4.08. The summed E-state index contributed by atoms with van der Waals surface area (Å²) in [6, 6.07) is -0.0343. The lowest BCUT2D eigenvalue weighted by Gasteiger charge is -2.23. The van der Waals surface area contributed by atoms with Crippen LogP contribution in [0, 0.1) is 5.92 Å². The average molecular weight is 213 g/mol. The number of carbonyl (C=O) groups is 2. The Morgan fingerprint density at radius 3 is 2.53 bits per heavy atom. The zero-order chi connectivity index (χ0) is 11.4. The molecule has 0 heterocycles. The van der Waals surface area contributed by atoms with Gasteiger partial charge in [0.1, 0.15) is 0 Å². The van der Waals surface area contributed by atoms with Gasteiger partial charge in [0.2, 0.25) is 5.91 Å². The van der Waals surface area contributed by atoms with Crippen molar-refractivity contribution in [3.8, 4) is 0 Å². The van der Waals surface area contributed by atoms with Crippen LogP contribution in [0.2, 0.25) is 0 Å². The molecule has 2 N–H and O–H groups in total. The molecule has 3 amide bonds. The number of rotatable bonds is 4. The molecule has 5 nitrogen and oxygen atoms in total. The van der Waals surface area contributed by atoms with E-state index in [1.165, 1.54) is 19.9 Å². The molecule has 0 aliphatic heterocycles. The van der Waals surface area contributed by atoms with E-state index in [9.17, 15) is 9.59 Å². The molecular formula is C10H19N3O2. The van der Waals surface area contributed by atoms with E-state index >= 15 is 0 Å². The lowest BCUT2D eigenvalue weighted by Crippen LogP contribution is -2.44. The first-order valence-electron chi connectivity index (χ1n) is 5.26. The highest BCUT2D eigenvalue weighted by Gasteiger charge is 2.31. The van der Waals surface area contributed by atoms with Crippen LogP contribution in [-0.4, -0.2) is 43.5 Å². The monoisotopic (exact) mass is 213 g/mol. The molecule has 0 spiro atoms. The van der Waals surface area contributed by atoms with Crippen LogP contribution in [0.25, 0.3) is 0 Å². The van der Waals surface area contributed by atoms with Crippen LogP contribution >= 0.6 is 0 Å². The molecule has 86 valence electrons. The molecule has 0 aromatic rings. The third-order valence-electron chi connectivity index (χ3n) is 2.87. The van der Waals surface area contributed by atoms with Crippen molar-refractivity contribution in [2.45, 2.75) is 25.8 Å². The molecule has 0 aromatic heterocycles. The maximum Gasteiger partial charge on any atom is 0.321 e. The minimum Gasteiger partial charge on any atom is -0.341 e. The fourth-order valence-electron chi connectivity index (χ4n) is 1.54. The number of amides is 3. The summed E-state index contributed by atoms with van der Waals surface area (Å²) in [5.41, 5.74) is 0. The molecule has 0 aromatic carbocycles. The van der Waals surface area contributed by atoms with E-state index in [0.717, 1.165) is 5.92 Å². The smallest absolute Gasteiger partial charge is 0.321 e. The van der Waals surface area contributed by atoms with Gasteiger partial charge in [-0.05, 0) is 32.7 Å². The topological polar surface area (TPSA) is 61.4 Å². The van der Waals surface area contributed by atoms with Crippen molar-refractivity contribution in [2.75, 3.05) is 20.6 Å². The number of urea groups is 1. The highest BCUT2D eigenvalue weighted by molar-refractivity contribution is 5.95. The quantitative estimate of drug-likeness (QED) is 0.700. The molecule has 1 saturated carbocycles. The molecule has 5 heteroatoms. The Bertz CT molecular complexity index is 251. The van der Waals surface area contributed by atoms with Gasteiger partial charge in [0.15, 0.2) is 0 Å². The molecule has 0 bridgehead atoms. The van der Waals surface area contributed by atoms with Gasteiger partial charge in [-0.3, -0.25) is 15.0 Å². The summed E-state index contributed by atoms with van der Waals surface area (Å²) in [4.78, 5) is 24.2. The maximum absolute atomic E-state index is 11.4. The number of likely N-dealkylation sites (N-methyl/N-ethyl adjacent to an activating group) is 1. The number of nitrogens with zero attached hydrogens (tertiary/aromatic N) is 1. The van der Waals surface area contributed by atoms with Crippen LogP contribution in [0.1, 0.15) is 19.8 Å². The van der Waals surface area contributed by atoms with Crippen molar-refractivity contribution in [1.82, 2.24) is 15.5 Å². The summed E-state index contributed by atoms with van der Waals surface area (Å²) in [7, 11) is 3.39. The molecule has 0 radical (unpaired) electrons. The second-order valence-electron chi connectivity index (χ2n) is 4.12. The second-order valence-corrected chi connectivity index (χ2v) is 4.12. The van der Waals surface area contributed by atoms with Gasteiger partial charge in [-0.2, -0.15) is 0 Å². The molecule has 1 unspecified atom stereocenters. The maximum atomic E-state index is 11.4. The predicted molar refractivity (Wildman–Crippen MR) is 57.4 cm³/mol. The average Bonchev–Trinajstić information content (AvgIpc) is 2.99. The van der Waals surface area contributed by atoms with Gasteiger partial charge in [0, 0.05) is 13.1 Å². The van der Waals surface area contributed by atoms with Crippen molar-refractivity contribution in [3.63, 3.8) is 0 Å². The van der Waals surface area contributed by atoms with Gasteiger partial charge >= 0.3 is 6.03 Å². The normalized spacial score (nSPS) is 17.3. The largest absolute Gasteiger partial charge is 0.341 e. The van der Waals surface area contributed by atoms with Gasteiger partial charge in [0.05, 0.1) is 6.54 Å². The van der Waals surface area contributed by atoms with Gasteiger partial charge in [-0.1, -0.05) is 0 Å². The lowest BCUT2D eigenvalue weighted by atomic mass is 10.2. The van der Waals surface area contributed by atoms with E-state index in [0.29, 0.717) is 6.04 Å². The van der Waals surface area contributed by atoms with E-state index < -0.39 is 6.03 Å². The van der Waals surface area contributed by atoms with Gasteiger partial charge in [0.25, 0.3) is 0 Å². The van der Waals surface area contributed by atoms with Crippen molar-refractivity contribution in [2.24, 2.45) is 5.92 Å². The number of carbonyl (C=O) groups excluding carboxylic acids is 2. The lowest BCUT2D eigenvalue weighted by molar-refractivity contribution is -0.121. The standard InChI is InChI=1S/C10H19N3O2/c1-7(8-4-5-8)13(3)6-9(14)12-10(15)11-2/h7-8H,4-6H2,1-3H3,(H2,11,12,14,15). The Balaban J connectivity index is 2.26. The zero-order valence-corrected chi connectivity index (χ0v) is 9.54. The molecular weight excluding hydrogens is 194 g/mol. The van der Waals surface area contributed by atoms with Crippen molar-refractivity contribution in [3.05, 3.63) is 0 Å². The fourth-order valence-corrected chi connectivity index (χ4v) is 1.54. The number of nitrogens with one attached hydrogen (secondary N) is 2. The van der Waals surface area contributed by atoms with E-state index in [4.69, 9.17) is 0 Å². The van der Waals surface area contributed by atoms with Crippen molar-refractivity contribution in [1.29, 1.82) is 0 Å². The van der Waals surface area contributed by atoms with Gasteiger partial charge in [-0.15, -0.1) is 0 Å². The SMILES string of the molecule is CNC(=O)NC(=O)CN(C)C(C)C1CC1. The first-order valence-corrected chi connectivity index (χ1v) is 5.26. The summed E-state index contributed by atoms with van der Waals surface area (Å²) in [6.07, 6.45) is 2.51. The zero-order valence-electron chi connectivity index (χ0n) is 9.54. The number of hydrogen-bond donors (Lipinski definition) is 2. The third kappa shape index (κ3) is 3.87. The minimum atomic E-state index is -0.451. The Morgan fingerprint density at radius 1 is 1.47 bits per heavy atom. The van der Waals surface area contributed by atoms with Crippen LogP contribution < -0.4 is 10.6 Å². The molecule has 1 aliphatic carbocycles. The van der Waals surface area contributed by atoms with Crippen LogP contribution in [0.3, 0.4) is 0 Å². The van der Waals surface area contributed by atoms with Crippen LogP contribution in [0.15, 0.2) is 0 Å². The second kappa shape index (κ2) is 5.11. The first-order chi connectivity index (χ1) is 7.04. The Labute approximate surface area is 90.2 Å². The summed E-state index contributed by atoms with van der Waals surface area (Å²) < 4.78 is 0. The summed E-state index contributed by atoms with van der Waals surface area (Å²) in [6.45, 7) is 2.38. The van der Waals surface area contributed by atoms with Gasteiger partial charge < -0.3 is 5.32 Å². The van der Waals surface area contributed by atoms with Crippen molar-refractivity contribution < 1.29 is 9.59 Å². The summed E-state index contributed by atoms with van der Waals surface area (Å²) in [5, 5.41) is 4.59. The van der Waals surface area contributed by atoms with Crippen LogP contribution in [0.5, 0.6) is 0 Å². The highest BCUT2D eigenvalue weighted by Crippen LogP contribution is 2.34. The fraction of sp³-hybridized carbons (Fsp3) is 0.800. The van der Waals surface area contributed by atoms with E-state index in [1.807, 2.05) is 11.9 Å². The molecule has 0 saturated heterocycles. The summed E-state index contributed by atoms with van der Waals surface area (Å²) in [5.74, 6) is 0.465.